The molecule has 108 valence electrons. The molecular formula is C18H21N3. The molecule has 0 spiro atoms. The van der Waals surface area contributed by atoms with Gasteiger partial charge in [0.25, 0.3) is 0 Å². The van der Waals surface area contributed by atoms with Gasteiger partial charge in [0.15, 0.2) is 0 Å². The number of fused-ring (bicyclic) bond motifs is 1. The fourth-order valence-electron chi connectivity index (χ4n) is 2.50. The van der Waals surface area contributed by atoms with E-state index < -0.39 is 0 Å². The Kier molecular flexibility index (Phi) is 4.31. The zero-order chi connectivity index (χ0) is 14.5. The largest absolute Gasteiger partial charge is 0.331 e. The van der Waals surface area contributed by atoms with Crippen molar-refractivity contribution in [2.24, 2.45) is 0 Å². The predicted molar refractivity (Wildman–Crippen MR) is 87.2 cm³/mol. The summed E-state index contributed by atoms with van der Waals surface area (Å²) in [5.41, 5.74) is 4.94. The Morgan fingerprint density at radius 1 is 1.05 bits per heavy atom. The van der Waals surface area contributed by atoms with Crippen LogP contribution in [0.2, 0.25) is 0 Å². The highest BCUT2D eigenvalue weighted by molar-refractivity contribution is 5.74. The molecule has 0 aliphatic carbocycles. The maximum Gasteiger partial charge on any atom is 0.0958 e. The number of benzene rings is 2. The van der Waals surface area contributed by atoms with E-state index in [1.165, 1.54) is 16.6 Å². The highest BCUT2D eigenvalue weighted by Crippen LogP contribution is 2.11. The molecule has 3 nitrogen and oxygen atoms in total. The molecule has 0 saturated heterocycles. The van der Waals surface area contributed by atoms with E-state index in [0.717, 1.165) is 31.6 Å². The van der Waals surface area contributed by atoms with E-state index in [4.69, 9.17) is 0 Å². The van der Waals surface area contributed by atoms with Gasteiger partial charge in [-0.25, -0.2) is 4.98 Å². The second kappa shape index (κ2) is 6.55. The lowest BCUT2D eigenvalue weighted by molar-refractivity contribution is 0.588. The van der Waals surface area contributed by atoms with Crippen molar-refractivity contribution in [1.82, 2.24) is 14.9 Å². The van der Waals surface area contributed by atoms with Crippen molar-refractivity contribution < 1.29 is 0 Å². The molecule has 3 aromatic rings. The molecule has 0 radical (unpaired) electrons. The van der Waals surface area contributed by atoms with Crippen LogP contribution >= 0.6 is 0 Å². The Hall–Kier alpha value is -2.13. The lowest BCUT2D eigenvalue weighted by Crippen LogP contribution is -2.16. The number of hydrogen-bond donors (Lipinski definition) is 1. The van der Waals surface area contributed by atoms with E-state index in [1.807, 2.05) is 12.4 Å². The Morgan fingerprint density at radius 3 is 2.71 bits per heavy atom. The number of aromatic nitrogens is 2. The average molecular weight is 279 g/mol. The molecule has 0 fully saturated rings. The number of hydrogen-bond acceptors (Lipinski definition) is 2. The second-order valence-corrected chi connectivity index (χ2v) is 5.44. The molecule has 0 aliphatic rings. The van der Waals surface area contributed by atoms with Gasteiger partial charge >= 0.3 is 0 Å². The third-order valence-corrected chi connectivity index (χ3v) is 3.73. The zero-order valence-corrected chi connectivity index (χ0v) is 12.4. The minimum Gasteiger partial charge on any atom is -0.331 e. The van der Waals surface area contributed by atoms with Crippen LogP contribution in [0.5, 0.6) is 0 Å². The van der Waals surface area contributed by atoms with Crippen LogP contribution in [0.25, 0.3) is 11.0 Å². The maximum atomic E-state index is 4.42. The maximum absolute atomic E-state index is 4.42. The van der Waals surface area contributed by atoms with Crippen LogP contribution in [0.15, 0.2) is 54.9 Å². The number of aryl methyl sites for hydroxylation is 2. The second-order valence-electron chi connectivity index (χ2n) is 5.44. The molecule has 3 rings (SSSR count). The standard InChI is InChI=1S/C18H21N3/c1-15-7-9-16(10-8-15)13-19-11-4-12-21-14-20-17-5-2-3-6-18(17)21/h2-3,5-10,14,19H,4,11-13H2,1H3. The number of nitrogens with one attached hydrogen (secondary N) is 1. The molecule has 1 aromatic heterocycles. The zero-order valence-electron chi connectivity index (χ0n) is 12.4. The van der Waals surface area contributed by atoms with Crippen LogP contribution < -0.4 is 5.32 Å². The summed E-state index contributed by atoms with van der Waals surface area (Å²) in [4.78, 5) is 4.42. The van der Waals surface area contributed by atoms with Crippen molar-refractivity contribution in [3.8, 4) is 0 Å². The summed E-state index contributed by atoms with van der Waals surface area (Å²) in [5, 5.41) is 3.50. The molecule has 0 amide bonds. The molecule has 0 unspecified atom stereocenters. The van der Waals surface area contributed by atoms with Crippen molar-refractivity contribution >= 4 is 11.0 Å². The molecule has 1 N–H and O–H groups in total. The van der Waals surface area contributed by atoms with Gasteiger partial charge in [-0.05, 0) is 37.6 Å². The van der Waals surface area contributed by atoms with E-state index in [-0.39, 0.29) is 0 Å². The molecule has 2 aromatic carbocycles. The molecule has 0 atom stereocenters. The van der Waals surface area contributed by atoms with Gasteiger partial charge in [-0.2, -0.15) is 0 Å². The van der Waals surface area contributed by atoms with Crippen LogP contribution in [0.3, 0.4) is 0 Å². The highest BCUT2D eigenvalue weighted by Gasteiger charge is 2.00. The topological polar surface area (TPSA) is 29.9 Å². The van der Waals surface area contributed by atoms with Crippen molar-refractivity contribution in [2.45, 2.75) is 26.4 Å². The summed E-state index contributed by atoms with van der Waals surface area (Å²) in [6.07, 6.45) is 3.04. The monoisotopic (exact) mass is 279 g/mol. The molecule has 0 bridgehead atoms. The molecular weight excluding hydrogens is 258 g/mol. The van der Waals surface area contributed by atoms with Gasteiger partial charge in [0.1, 0.15) is 0 Å². The minimum atomic E-state index is 0.935. The number of imidazole rings is 1. The third kappa shape index (κ3) is 3.50. The van der Waals surface area contributed by atoms with E-state index in [1.54, 1.807) is 0 Å². The number of para-hydroxylation sites is 2. The van der Waals surface area contributed by atoms with Crippen LogP contribution in [-0.4, -0.2) is 16.1 Å². The van der Waals surface area contributed by atoms with Crippen molar-refractivity contribution in [3.63, 3.8) is 0 Å². The Bertz CT molecular complexity index is 698. The van der Waals surface area contributed by atoms with Crippen molar-refractivity contribution in [1.29, 1.82) is 0 Å². The van der Waals surface area contributed by atoms with Gasteiger partial charge in [-0.1, -0.05) is 42.0 Å². The van der Waals surface area contributed by atoms with E-state index >= 15 is 0 Å². The number of rotatable bonds is 6. The third-order valence-electron chi connectivity index (χ3n) is 3.73. The predicted octanol–water partition coefficient (Wildman–Crippen LogP) is 3.52. The SMILES string of the molecule is Cc1ccc(CNCCCn2cnc3ccccc32)cc1. The first-order valence-electron chi connectivity index (χ1n) is 7.49. The van der Waals surface area contributed by atoms with Crippen molar-refractivity contribution in [2.75, 3.05) is 6.54 Å². The normalized spacial score (nSPS) is 11.1. The lowest BCUT2D eigenvalue weighted by atomic mass is 10.1. The van der Waals surface area contributed by atoms with Crippen LogP contribution in [0.1, 0.15) is 17.5 Å². The average Bonchev–Trinajstić information content (AvgIpc) is 2.92. The first-order valence-corrected chi connectivity index (χ1v) is 7.49. The van der Waals surface area contributed by atoms with Crippen LogP contribution in [0, 0.1) is 6.92 Å². The quantitative estimate of drug-likeness (QED) is 0.700. The van der Waals surface area contributed by atoms with Gasteiger partial charge in [-0.15, -0.1) is 0 Å². The Morgan fingerprint density at radius 2 is 1.86 bits per heavy atom. The first kappa shape index (κ1) is 13.8. The van der Waals surface area contributed by atoms with E-state index in [9.17, 15) is 0 Å². The Labute approximate surface area is 125 Å². The van der Waals surface area contributed by atoms with Gasteiger partial charge in [0.2, 0.25) is 0 Å². The first-order chi connectivity index (χ1) is 10.3. The summed E-state index contributed by atoms with van der Waals surface area (Å²) in [5.74, 6) is 0. The highest BCUT2D eigenvalue weighted by atomic mass is 15.0. The summed E-state index contributed by atoms with van der Waals surface area (Å²) in [7, 11) is 0. The number of nitrogens with zero attached hydrogens (tertiary/aromatic N) is 2. The molecule has 3 heteroatoms. The summed E-state index contributed by atoms with van der Waals surface area (Å²) >= 11 is 0. The van der Waals surface area contributed by atoms with Gasteiger partial charge in [0.05, 0.1) is 17.4 Å². The minimum absolute atomic E-state index is 0.935. The molecule has 0 aliphatic heterocycles. The van der Waals surface area contributed by atoms with Crippen molar-refractivity contribution in [3.05, 3.63) is 66.0 Å². The van der Waals surface area contributed by atoms with Gasteiger partial charge in [-0.3, -0.25) is 0 Å². The summed E-state index contributed by atoms with van der Waals surface area (Å²) in [6.45, 7) is 5.07. The van der Waals surface area contributed by atoms with E-state index in [0.29, 0.717) is 0 Å². The smallest absolute Gasteiger partial charge is 0.0958 e. The lowest BCUT2D eigenvalue weighted by Gasteiger charge is -2.07. The van der Waals surface area contributed by atoms with E-state index in [2.05, 4.69) is 64.3 Å². The van der Waals surface area contributed by atoms with Gasteiger partial charge in [0, 0.05) is 13.1 Å². The van der Waals surface area contributed by atoms with Gasteiger partial charge < -0.3 is 9.88 Å². The fraction of sp³-hybridized carbons (Fsp3) is 0.278. The fourth-order valence-corrected chi connectivity index (χ4v) is 2.50. The molecule has 1 heterocycles. The molecule has 0 saturated carbocycles. The summed E-state index contributed by atoms with van der Waals surface area (Å²) < 4.78 is 2.23. The summed E-state index contributed by atoms with van der Waals surface area (Å²) in [6, 6.07) is 17.0. The van der Waals surface area contributed by atoms with Crippen LogP contribution in [-0.2, 0) is 13.1 Å². The molecule has 21 heavy (non-hydrogen) atoms. The Balaban J connectivity index is 1.45. The van der Waals surface area contributed by atoms with Crippen LogP contribution in [0.4, 0.5) is 0 Å².